The van der Waals surface area contributed by atoms with Crippen molar-refractivity contribution < 1.29 is 0 Å². The molecule has 7 aromatic carbocycles. The fourth-order valence-electron chi connectivity index (χ4n) is 8.60. The topological polar surface area (TPSA) is 57.4 Å². The van der Waals surface area contributed by atoms with Gasteiger partial charge < -0.3 is 9.13 Å². The number of aromatic nitrogens is 2. The Hall–Kier alpha value is -6.88. The fraction of sp³-hybridized carbons (Fsp3) is 0.0638. The minimum Gasteiger partial charge on any atom is -0.309 e. The van der Waals surface area contributed by atoms with Crippen molar-refractivity contribution in [3.05, 3.63) is 168 Å². The summed E-state index contributed by atoms with van der Waals surface area (Å²) in [5, 5.41) is 23.9. The van der Waals surface area contributed by atoms with Crippen molar-refractivity contribution in [1.82, 2.24) is 9.13 Å². The van der Waals surface area contributed by atoms with Crippen molar-refractivity contribution in [2.45, 2.75) is 19.3 Å². The Kier molecular flexibility index (Phi) is 6.02. The number of rotatable bonds is 3. The summed E-state index contributed by atoms with van der Waals surface area (Å²) in [7, 11) is 0. The van der Waals surface area contributed by atoms with Crippen LogP contribution in [-0.4, -0.2) is 9.13 Å². The molecule has 0 aliphatic heterocycles. The quantitative estimate of drug-likeness (QED) is 0.191. The normalized spacial score (nSPS) is 13.0. The maximum atomic E-state index is 9.87. The van der Waals surface area contributed by atoms with Crippen LogP contribution in [0.15, 0.2) is 146 Å². The smallest absolute Gasteiger partial charge is 0.0991 e. The Morgan fingerprint density at radius 1 is 0.471 bits per heavy atom. The Balaban J connectivity index is 1.20. The first kappa shape index (κ1) is 29.1. The number of hydrogen-bond acceptors (Lipinski definition) is 2. The lowest BCUT2D eigenvalue weighted by Gasteiger charge is -2.21. The third-order valence-corrected chi connectivity index (χ3v) is 10.9. The van der Waals surface area contributed by atoms with Crippen molar-refractivity contribution in [3.63, 3.8) is 0 Å². The monoisotopic (exact) mass is 650 g/mol. The molecule has 0 atom stereocenters. The van der Waals surface area contributed by atoms with Crippen molar-refractivity contribution >= 4 is 43.6 Å². The maximum Gasteiger partial charge on any atom is 0.0991 e. The van der Waals surface area contributed by atoms with E-state index in [1.165, 1.54) is 27.8 Å². The average molecular weight is 651 g/mol. The Morgan fingerprint density at radius 2 is 1.06 bits per heavy atom. The molecule has 0 fully saturated rings. The number of fused-ring (bicyclic) bond motifs is 10. The fourth-order valence-corrected chi connectivity index (χ4v) is 8.60. The molecule has 10 rings (SSSR count). The van der Waals surface area contributed by atoms with Gasteiger partial charge in [-0.15, -0.1) is 0 Å². The van der Waals surface area contributed by atoms with Gasteiger partial charge in [-0.3, -0.25) is 0 Å². The van der Waals surface area contributed by atoms with Crippen molar-refractivity contribution in [3.8, 4) is 45.8 Å². The number of nitrogens with zero attached hydrogens (tertiary/aromatic N) is 4. The number of benzene rings is 7. The molecule has 0 saturated carbocycles. The summed E-state index contributed by atoms with van der Waals surface area (Å²) in [4.78, 5) is 0. The molecule has 0 radical (unpaired) electrons. The van der Waals surface area contributed by atoms with E-state index < -0.39 is 0 Å². The van der Waals surface area contributed by atoms with E-state index in [9.17, 15) is 10.5 Å². The van der Waals surface area contributed by atoms with Gasteiger partial charge in [0.05, 0.1) is 45.3 Å². The molecule has 51 heavy (non-hydrogen) atoms. The van der Waals surface area contributed by atoms with Crippen LogP contribution < -0.4 is 0 Å². The van der Waals surface area contributed by atoms with Crippen molar-refractivity contribution in [2.24, 2.45) is 0 Å². The van der Waals surface area contributed by atoms with Gasteiger partial charge >= 0.3 is 0 Å². The third-order valence-electron chi connectivity index (χ3n) is 10.9. The van der Waals surface area contributed by atoms with Gasteiger partial charge in [-0.1, -0.05) is 92.7 Å². The SMILES string of the molecule is CC1(C)c2ccccc2-c2c1ccc1c3cc(C#N)ccc3n(-c3cccc(-c4cccc(-n5c6ccccc6c6cc(C#N)ccc65)c4)c3)c21. The van der Waals surface area contributed by atoms with Crippen LogP contribution in [0.25, 0.3) is 77.2 Å². The molecule has 0 unspecified atom stereocenters. The number of nitriles is 2. The molecule has 9 aromatic rings. The van der Waals surface area contributed by atoms with Gasteiger partial charge in [-0.25, -0.2) is 0 Å². The lowest BCUT2D eigenvalue weighted by atomic mass is 9.82. The highest BCUT2D eigenvalue weighted by molar-refractivity contribution is 6.16. The second kappa shape index (κ2) is 10.6. The second-order valence-electron chi connectivity index (χ2n) is 14.0. The van der Waals surface area contributed by atoms with Crippen molar-refractivity contribution in [2.75, 3.05) is 0 Å². The lowest BCUT2D eigenvalue weighted by molar-refractivity contribution is 0.661. The molecule has 0 amide bonds. The molecule has 1 aliphatic carbocycles. The van der Waals surface area contributed by atoms with Crippen LogP contribution in [0.5, 0.6) is 0 Å². The molecule has 0 N–H and O–H groups in total. The summed E-state index contributed by atoms with van der Waals surface area (Å²) < 4.78 is 4.69. The largest absolute Gasteiger partial charge is 0.309 e. The molecule has 0 saturated heterocycles. The van der Waals surface area contributed by atoms with Crippen LogP contribution in [-0.2, 0) is 5.41 Å². The molecule has 0 spiro atoms. The summed E-state index contributed by atoms with van der Waals surface area (Å²) in [6, 6.07) is 55.9. The summed E-state index contributed by atoms with van der Waals surface area (Å²) in [6.45, 7) is 4.63. The molecular formula is C47H30N4. The minimum absolute atomic E-state index is 0.134. The Labute approximate surface area is 295 Å². The van der Waals surface area contributed by atoms with E-state index in [2.05, 4.69) is 156 Å². The summed E-state index contributed by atoms with van der Waals surface area (Å²) >= 11 is 0. The zero-order valence-electron chi connectivity index (χ0n) is 28.1. The highest BCUT2D eigenvalue weighted by Crippen LogP contribution is 2.53. The van der Waals surface area contributed by atoms with Crippen LogP contribution >= 0.6 is 0 Å². The molecule has 4 nitrogen and oxygen atoms in total. The van der Waals surface area contributed by atoms with Gasteiger partial charge in [0, 0.05) is 43.9 Å². The van der Waals surface area contributed by atoms with Crippen LogP contribution in [0.4, 0.5) is 0 Å². The Morgan fingerprint density at radius 3 is 1.76 bits per heavy atom. The van der Waals surface area contributed by atoms with E-state index in [4.69, 9.17) is 0 Å². The average Bonchev–Trinajstić information content (AvgIpc) is 3.77. The highest BCUT2D eigenvalue weighted by Gasteiger charge is 2.37. The lowest BCUT2D eigenvalue weighted by Crippen LogP contribution is -2.14. The predicted octanol–water partition coefficient (Wildman–Crippen LogP) is 11.6. The van der Waals surface area contributed by atoms with Gasteiger partial charge in [0.15, 0.2) is 0 Å². The summed E-state index contributed by atoms with van der Waals surface area (Å²) in [6.07, 6.45) is 0. The molecule has 1 aliphatic rings. The minimum atomic E-state index is -0.134. The first-order chi connectivity index (χ1) is 25.0. The van der Waals surface area contributed by atoms with Gasteiger partial charge in [0.1, 0.15) is 0 Å². The van der Waals surface area contributed by atoms with E-state index in [0.29, 0.717) is 11.1 Å². The zero-order valence-corrected chi connectivity index (χ0v) is 28.1. The first-order valence-corrected chi connectivity index (χ1v) is 17.2. The third kappa shape index (κ3) is 4.05. The molecule has 2 heterocycles. The maximum absolute atomic E-state index is 9.87. The number of hydrogen-bond donors (Lipinski definition) is 0. The van der Waals surface area contributed by atoms with Gasteiger partial charge in [0.2, 0.25) is 0 Å². The van der Waals surface area contributed by atoms with Gasteiger partial charge in [-0.05, 0) is 94.5 Å². The summed E-state index contributed by atoms with van der Waals surface area (Å²) in [5.74, 6) is 0. The molecule has 2 aromatic heterocycles. The van der Waals surface area contributed by atoms with Crippen LogP contribution in [0.3, 0.4) is 0 Å². The van der Waals surface area contributed by atoms with Crippen LogP contribution in [0.2, 0.25) is 0 Å². The Bertz CT molecular complexity index is 3030. The van der Waals surface area contributed by atoms with Crippen molar-refractivity contribution in [1.29, 1.82) is 10.5 Å². The molecule has 0 bridgehead atoms. The second-order valence-corrected chi connectivity index (χ2v) is 14.0. The van der Waals surface area contributed by atoms with E-state index in [1.54, 1.807) is 0 Å². The van der Waals surface area contributed by atoms with Crippen LogP contribution in [0, 0.1) is 22.7 Å². The number of para-hydroxylation sites is 1. The molecule has 4 heteroatoms. The van der Waals surface area contributed by atoms with E-state index in [1.807, 2.05) is 24.3 Å². The zero-order chi connectivity index (χ0) is 34.4. The first-order valence-electron chi connectivity index (χ1n) is 17.2. The molecule has 238 valence electrons. The standard InChI is InChI=1S/C47H30N4/c1-47(2)40-15-5-3-14-37(40)45-41(47)20-19-36-39-24-30(28-49)18-22-44(39)51(46(36)45)34-12-8-10-32(26-34)31-9-7-11-33(25-31)50-42-16-6-4-13-35(42)38-23-29(27-48)17-21-43(38)50/h3-26H,1-2H3. The molecular weight excluding hydrogens is 621 g/mol. The van der Waals surface area contributed by atoms with E-state index in [-0.39, 0.29) is 5.41 Å². The van der Waals surface area contributed by atoms with Crippen LogP contribution in [0.1, 0.15) is 36.1 Å². The van der Waals surface area contributed by atoms with Gasteiger partial charge in [0.25, 0.3) is 0 Å². The predicted molar refractivity (Wildman–Crippen MR) is 208 cm³/mol. The summed E-state index contributed by atoms with van der Waals surface area (Å²) in [5.41, 5.74) is 15.1. The highest BCUT2D eigenvalue weighted by atomic mass is 15.0. The van der Waals surface area contributed by atoms with E-state index in [0.717, 1.165) is 60.6 Å². The van der Waals surface area contributed by atoms with Gasteiger partial charge in [-0.2, -0.15) is 10.5 Å². The van der Waals surface area contributed by atoms with E-state index >= 15 is 0 Å².